The molecule has 3 rings (SSSR count). The number of alkyl carbamates (subject to hydrolysis) is 1. The molecule has 8 nitrogen and oxygen atoms in total. The number of nitrogens with zero attached hydrogens (tertiary/aromatic N) is 1. The van der Waals surface area contributed by atoms with E-state index >= 15 is 0 Å². The van der Waals surface area contributed by atoms with Crippen molar-refractivity contribution in [1.82, 2.24) is 10.2 Å². The van der Waals surface area contributed by atoms with Gasteiger partial charge in [0.05, 0.1) is 0 Å². The molecule has 31 heavy (non-hydrogen) atoms. The summed E-state index contributed by atoms with van der Waals surface area (Å²) >= 11 is 0. The standard InChI is InChI=1S/C23H32N2O6/c1-13(30-14-10-8-7-9-11-14)17(24-21(29)31-22(2,3)4)19(26)25-12-15-16(23(15,5)6)18(25)20(27)28/h7-11,13,15-18H,12H2,1-6H3,(H,24,29)(H,27,28)/t13-,15+,16+,17+,18+/m1/s1. The molecule has 0 radical (unpaired) electrons. The highest BCUT2D eigenvalue weighted by molar-refractivity contribution is 5.91. The first-order valence-electron chi connectivity index (χ1n) is 10.6. The van der Waals surface area contributed by atoms with Crippen molar-refractivity contribution < 1.29 is 29.0 Å². The van der Waals surface area contributed by atoms with Crippen LogP contribution in [-0.4, -0.2) is 58.3 Å². The number of benzene rings is 1. The summed E-state index contributed by atoms with van der Waals surface area (Å²) in [5.74, 6) is -0.936. The number of aliphatic carboxylic acids is 1. The van der Waals surface area contributed by atoms with E-state index in [0.29, 0.717) is 12.3 Å². The number of carboxylic acids is 1. The highest BCUT2D eigenvalue weighted by Gasteiger charge is 2.70. The first-order valence-corrected chi connectivity index (χ1v) is 10.6. The van der Waals surface area contributed by atoms with E-state index in [1.54, 1.807) is 52.0 Å². The number of rotatable bonds is 6. The molecule has 2 fully saturated rings. The lowest BCUT2D eigenvalue weighted by atomic mass is 10.00. The Bertz CT molecular complexity index is 847. The van der Waals surface area contributed by atoms with Gasteiger partial charge < -0.3 is 24.8 Å². The number of hydrogen-bond acceptors (Lipinski definition) is 5. The van der Waals surface area contributed by atoms with Gasteiger partial charge in [-0.05, 0) is 51.2 Å². The van der Waals surface area contributed by atoms with Gasteiger partial charge in [0.1, 0.15) is 29.5 Å². The van der Waals surface area contributed by atoms with E-state index in [-0.39, 0.29) is 17.3 Å². The molecule has 1 saturated carbocycles. The first kappa shape index (κ1) is 22.9. The van der Waals surface area contributed by atoms with Crippen LogP contribution in [-0.2, 0) is 14.3 Å². The number of para-hydroxylation sites is 1. The van der Waals surface area contributed by atoms with Crippen molar-refractivity contribution in [3.63, 3.8) is 0 Å². The van der Waals surface area contributed by atoms with E-state index in [2.05, 4.69) is 5.32 Å². The Morgan fingerprint density at radius 3 is 2.35 bits per heavy atom. The fourth-order valence-electron chi connectivity index (χ4n) is 4.57. The van der Waals surface area contributed by atoms with Crippen LogP contribution in [0.4, 0.5) is 4.79 Å². The number of piperidine rings is 1. The zero-order chi connectivity index (χ0) is 23.1. The van der Waals surface area contributed by atoms with Gasteiger partial charge in [0.25, 0.3) is 0 Å². The third-order valence-corrected chi connectivity index (χ3v) is 6.22. The quantitative estimate of drug-likeness (QED) is 0.716. The fraction of sp³-hybridized carbons (Fsp3) is 0.609. The molecule has 1 saturated heterocycles. The average molecular weight is 433 g/mol. The lowest BCUT2D eigenvalue weighted by Gasteiger charge is -2.34. The summed E-state index contributed by atoms with van der Waals surface area (Å²) in [6, 6.07) is 6.93. The second-order valence-corrected chi connectivity index (χ2v) is 9.99. The summed E-state index contributed by atoms with van der Waals surface area (Å²) < 4.78 is 11.2. The molecule has 0 aromatic heterocycles. The van der Waals surface area contributed by atoms with Crippen LogP contribution in [0.1, 0.15) is 41.5 Å². The van der Waals surface area contributed by atoms with Crippen LogP contribution in [0.2, 0.25) is 0 Å². The van der Waals surface area contributed by atoms with E-state index in [1.807, 2.05) is 19.9 Å². The minimum Gasteiger partial charge on any atom is -0.488 e. The number of likely N-dealkylation sites (tertiary alicyclic amines) is 1. The van der Waals surface area contributed by atoms with Gasteiger partial charge in [-0.3, -0.25) is 4.79 Å². The summed E-state index contributed by atoms with van der Waals surface area (Å²) in [7, 11) is 0. The maximum atomic E-state index is 13.5. The van der Waals surface area contributed by atoms with Gasteiger partial charge >= 0.3 is 12.1 Å². The molecule has 0 spiro atoms. The lowest BCUT2D eigenvalue weighted by Crippen LogP contribution is -2.58. The molecule has 2 amide bonds. The van der Waals surface area contributed by atoms with Gasteiger partial charge in [-0.15, -0.1) is 0 Å². The minimum absolute atomic E-state index is 0.0959. The van der Waals surface area contributed by atoms with Gasteiger partial charge in [0.15, 0.2) is 0 Å². The molecule has 0 bridgehead atoms. The molecular weight excluding hydrogens is 400 g/mol. The number of carbonyl (C=O) groups excluding carboxylic acids is 2. The number of hydrogen-bond donors (Lipinski definition) is 2. The van der Waals surface area contributed by atoms with Crippen molar-refractivity contribution in [2.75, 3.05) is 6.54 Å². The first-order chi connectivity index (χ1) is 14.3. The van der Waals surface area contributed by atoms with E-state index in [9.17, 15) is 19.5 Å². The van der Waals surface area contributed by atoms with E-state index in [4.69, 9.17) is 9.47 Å². The number of ether oxygens (including phenoxy) is 2. The van der Waals surface area contributed by atoms with Crippen molar-refractivity contribution in [3.8, 4) is 5.75 Å². The van der Waals surface area contributed by atoms with Gasteiger partial charge in [-0.1, -0.05) is 32.0 Å². The van der Waals surface area contributed by atoms with Crippen molar-refractivity contribution in [2.45, 2.75) is 65.3 Å². The molecule has 1 aromatic carbocycles. The Labute approximate surface area is 182 Å². The average Bonchev–Trinajstić information content (AvgIpc) is 3.01. The summed E-state index contributed by atoms with van der Waals surface area (Å²) in [5, 5.41) is 12.4. The highest BCUT2D eigenvalue weighted by atomic mass is 16.6. The topological polar surface area (TPSA) is 105 Å². The monoisotopic (exact) mass is 432 g/mol. The summed E-state index contributed by atoms with van der Waals surface area (Å²) in [5.41, 5.74) is -0.857. The van der Waals surface area contributed by atoms with E-state index < -0.39 is 41.8 Å². The predicted octanol–water partition coefficient (Wildman–Crippen LogP) is 2.91. The van der Waals surface area contributed by atoms with Crippen LogP contribution < -0.4 is 10.1 Å². The molecule has 1 aliphatic carbocycles. The molecule has 0 unspecified atom stereocenters. The van der Waals surface area contributed by atoms with Crippen molar-refractivity contribution >= 4 is 18.0 Å². The number of amides is 2. The number of nitrogens with one attached hydrogen (secondary N) is 1. The van der Waals surface area contributed by atoms with E-state index in [1.165, 1.54) is 4.90 Å². The van der Waals surface area contributed by atoms with Crippen molar-refractivity contribution in [3.05, 3.63) is 30.3 Å². The van der Waals surface area contributed by atoms with Gasteiger partial charge in [0.2, 0.25) is 5.91 Å². The van der Waals surface area contributed by atoms with Gasteiger partial charge in [-0.25, -0.2) is 9.59 Å². The summed E-state index contributed by atoms with van der Waals surface area (Å²) in [6.07, 6.45) is -1.51. The van der Waals surface area contributed by atoms with Crippen molar-refractivity contribution in [2.24, 2.45) is 17.3 Å². The van der Waals surface area contributed by atoms with E-state index in [0.717, 1.165) is 0 Å². The Balaban J connectivity index is 1.82. The van der Waals surface area contributed by atoms with Crippen LogP contribution in [0, 0.1) is 17.3 Å². The molecule has 2 aliphatic rings. The second-order valence-electron chi connectivity index (χ2n) is 9.99. The molecule has 1 aromatic rings. The summed E-state index contributed by atoms with van der Waals surface area (Å²) in [6.45, 7) is 11.2. The molecule has 170 valence electrons. The molecule has 1 heterocycles. The van der Waals surface area contributed by atoms with Gasteiger partial charge in [-0.2, -0.15) is 0 Å². The molecule has 2 N–H and O–H groups in total. The normalized spacial score (nSPS) is 25.7. The number of carbonyl (C=O) groups is 3. The minimum atomic E-state index is -1.10. The zero-order valence-electron chi connectivity index (χ0n) is 18.9. The molecule has 5 atom stereocenters. The van der Waals surface area contributed by atoms with Crippen LogP contribution in [0.15, 0.2) is 30.3 Å². The Morgan fingerprint density at radius 1 is 1.19 bits per heavy atom. The molecule has 8 heteroatoms. The summed E-state index contributed by atoms with van der Waals surface area (Å²) in [4.78, 5) is 39.3. The smallest absolute Gasteiger partial charge is 0.408 e. The Morgan fingerprint density at radius 2 is 1.81 bits per heavy atom. The van der Waals surface area contributed by atoms with Crippen LogP contribution >= 0.6 is 0 Å². The highest BCUT2D eigenvalue weighted by Crippen LogP contribution is 2.64. The predicted molar refractivity (Wildman–Crippen MR) is 114 cm³/mol. The maximum absolute atomic E-state index is 13.5. The third-order valence-electron chi connectivity index (χ3n) is 6.22. The SMILES string of the molecule is C[C@@H](Oc1ccccc1)[C@H](NC(=O)OC(C)(C)C)C(=O)N1C[C@H]2[C@@H]([C@H]1C(=O)O)C2(C)C. The maximum Gasteiger partial charge on any atom is 0.408 e. The third kappa shape index (κ3) is 4.78. The van der Waals surface area contributed by atoms with Gasteiger partial charge in [0, 0.05) is 12.5 Å². The zero-order valence-corrected chi connectivity index (χ0v) is 18.9. The Kier molecular flexibility index (Phi) is 5.95. The molecular formula is C23H32N2O6. The number of carboxylic acid groups (broad SMARTS) is 1. The second kappa shape index (κ2) is 8.05. The van der Waals surface area contributed by atoms with Crippen molar-refractivity contribution in [1.29, 1.82) is 0 Å². The Hall–Kier alpha value is -2.77. The fourth-order valence-corrected chi connectivity index (χ4v) is 4.57. The number of fused-ring (bicyclic) bond motifs is 1. The lowest BCUT2D eigenvalue weighted by molar-refractivity contribution is -0.152. The van der Waals surface area contributed by atoms with Crippen LogP contribution in [0.3, 0.4) is 0 Å². The van der Waals surface area contributed by atoms with Crippen LogP contribution in [0.25, 0.3) is 0 Å². The molecule has 1 aliphatic heterocycles. The largest absolute Gasteiger partial charge is 0.488 e. The van der Waals surface area contributed by atoms with Crippen LogP contribution in [0.5, 0.6) is 5.75 Å².